The molecule has 30 heavy (non-hydrogen) atoms. The number of furan rings is 1. The number of nitrogens with zero attached hydrogens (tertiary/aromatic N) is 1. The summed E-state index contributed by atoms with van der Waals surface area (Å²) in [6.45, 7) is 4.56. The van der Waals surface area contributed by atoms with Crippen molar-refractivity contribution in [3.8, 4) is 17.1 Å². The predicted octanol–water partition coefficient (Wildman–Crippen LogP) is 4.29. The van der Waals surface area contributed by atoms with Gasteiger partial charge < -0.3 is 13.9 Å². The van der Waals surface area contributed by atoms with Crippen LogP contribution in [0.2, 0.25) is 0 Å². The summed E-state index contributed by atoms with van der Waals surface area (Å²) in [6.07, 6.45) is 1.42. The molecule has 0 aliphatic rings. The minimum absolute atomic E-state index is 0.330. The first-order valence-electron chi connectivity index (χ1n) is 9.54. The topological polar surface area (TPSA) is 90.1 Å². The van der Waals surface area contributed by atoms with Crippen LogP contribution in [0.3, 0.4) is 0 Å². The highest BCUT2D eigenvalue weighted by molar-refractivity contribution is 5.94. The average molecular weight is 406 g/mol. The van der Waals surface area contributed by atoms with Crippen molar-refractivity contribution in [2.24, 2.45) is 5.10 Å². The lowest BCUT2D eigenvalue weighted by Crippen LogP contribution is -2.17. The van der Waals surface area contributed by atoms with E-state index in [1.807, 2.05) is 6.92 Å². The molecule has 0 aliphatic heterocycles. The maximum Gasteiger partial charge on any atom is 0.338 e. The van der Waals surface area contributed by atoms with Crippen LogP contribution in [-0.2, 0) is 4.74 Å². The van der Waals surface area contributed by atoms with Gasteiger partial charge >= 0.3 is 5.97 Å². The molecule has 1 aromatic heterocycles. The van der Waals surface area contributed by atoms with Crippen molar-refractivity contribution in [3.63, 3.8) is 0 Å². The molecule has 3 rings (SSSR count). The zero-order valence-electron chi connectivity index (χ0n) is 16.8. The molecule has 3 aromatic rings. The van der Waals surface area contributed by atoms with Crippen molar-refractivity contribution in [2.75, 3.05) is 13.2 Å². The number of hydrazone groups is 1. The number of carbonyl (C=O) groups is 2. The number of carbonyl (C=O) groups excluding carboxylic acids is 2. The lowest BCUT2D eigenvalue weighted by molar-refractivity contribution is 0.0526. The molecule has 0 saturated carbocycles. The van der Waals surface area contributed by atoms with E-state index in [0.29, 0.717) is 41.6 Å². The molecule has 1 heterocycles. The maximum atomic E-state index is 12.1. The predicted molar refractivity (Wildman–Crippen MR) is 113 cm³/mol. The fraction of sp³-hybridized carbons (Fsp3) is 0.174. The van der Waals surface area contributed by atoms with Crippen molar-refractivity contribution in [2.45, 2.75) is 13.8 Å². The number of hydrogen-bond acceptors (Lipinski definition) is 6. The molecule has 154 valence electrons. The Morgan fingerprint density at radius 1 is 0.933 bits per heavy atom. The maximum absolute atomic E-state index is 12.1. The van der Waals surface area contributed by atoms with Gasteiger partial charge in [0.25, 0.3) is 5.91 Å². The van der Waals surface area contributed by atoms with Crippen LogP contribution in [-0.4, -0.2) is 31.3 Å². The quantitative estimate of drug-likeness (QED) is 0.342. The van der Waals surface area contributed by atoms with E-state index in [9.17, 15) is 9.59 Å². The highest BCUT2D eigenvalue weighted by atomic mass is 16.5. The van der Waals surface area contributed by atoms with Gasteiger partial charge in [0.05, 0.1) is 25.0 Å². The van der Waals surface area contributed by atoms with Crippen LogP contribution in [0, 0.1) is 0 Å². The normalized spacial score (nSPS) is 10.7. The van der Waals surface area contributed by atoms with Gasteiger partial charge in [-0.05, 0) is 62.4 Å². The monoisotopic (exact) mass is 406 g/mol. The molecule has 0 bridgehead atoms. The van der Waals surface area contributed by atoms with Crippen molar-refractivity contribution >= 4 is 18.1 Å². The fourth-order valence-corrected chi connectivity index (χ4v) is 2.65. The summed E-state index contributed by atoms with van der Waals surface area (Å²) in [5, 5.41) is 3.93. The molecule has 0 unspecified atom stereocenters. The van der Waals surface area contributed by atoms with E-state index in [-0.39, 0.29) is 11.9 Å². The number of benzene rings is 2. The van der Waals surface area contributed by atoms with Crippen LogP contribution in [0.5, 0.6) is 5.75 Å². The first-order chi connectivity index (χ1) is 14.6. The van der Waals surface area contributed by atoms with Gasteiger partial charge in [0.15, 0.2) is 0 Å². The Balaban J connectivity index is 1.59. The van der Waals surface area contributed by atoms with E-state index < -0.39 is 0 Å². The molecule has 0 atom stereocenters. The Morgan fingerprint density at radius 3 is 2.30 bits per heavy atom. The van der Waals surface area contributed by atoms with Gasteiger partial charge in [-0.15, -0.1) is 0 Å². The van der Waals surface area contributed by atoms with Gasteiger partial charge in [-0.3, -0.25) is 4.79 Å². The van der Waals surface area contributed by atoms with Gasteiger partial charge in [0.1, 0.15) is 17.3 Å². The Kier molecular flexibility index (Phi) is 7.00. The van der Waals surface area contributed by atoms with Crippen molar-refractivity contribution in [3.05, 3.63) is 77.6 Å². The molecule has 0 radical (unpaired) electrons. The summed E-state index contributed by atoms with van der Waals surface area (Å²) >= 11 is 0. The highest BCUT2D eigenvalue weighted by Crippen LogP contribution is 2.22. The Labute approximate surface area is 174 Å². The third kappa shape index (κ3) is 5.35. The van der Waals surface area contributed by atoms with Crippen LogP contribution in [0.25, 0.3) is 11.3 Å². The molecule has 1 N–H and O–H groups in total. The molecule has 0 fully saturated rings. The molecule has 0 aliphatic carbocycles. The second-order valence-corrected chi connectivity index (χ2v) is 6.16. The molecule has 0 spiro atoms. The van der Waals surface area contributed by atoms with E-state index in [2.05, 4.69) is 10.5 Å². The summed E-state index contributed by atoms with van der Waals surface area (Å²) in [5.41, 5.74) is 4.21. The van der Waals surface area contributed by atoms with E-state index in [4.69, 9.17) is 13.9 Å². The standard InChI is InChI=1S/C23H22N2O5/c1-3-28-19-11-9-17(10-12-19)22(26)25-24-15-20-13-14-21(30-20)16-5-7-18(8-6-16)23(27)29-4-2/h5-15H,3-4H2,1-2H3,(H,25,26)/b24-15+. The van der Waals surface area contributed by atoms with Gasteiger partial charge in [0, 0.05) is 11.1 Å². The zero-order valence-corrected chi connectivity index (χ0v) is 16.8. The molecular formula is C23H22N2O5. The first-order valence-corrected chi connectivity index (χ1v) is 9.54. The van der Waals surface area contributed by atoms with E-state index in [1.165, 1.54) is 6.21 Å². The number of rotatable bonds is 8. The SMILES string of the molecule is CCOC(=O)c1ccc(-c2ccc(/C=N/NC(=O)c3ccc(OCC)cc3)o2)cc1. The van der Waals surface area contributed by atoms with Crippen molar-refractivity contribution in [1.82, 2.24) is 5.43 Å². The van der Waals surface area contributed by atoms with Crippen LogP contribution >= 0.6 is 0 Å². The number of esters is 1. The summed E-state index contributed by atoms with van der Waals surface area (Å²) < 4.78 is 16.0. The van der Waals surface area contributed by atoms with Crippen LogP contribution < -0.4 is 10.2 Å². The number of hydrogen-bond donors (Lipinski definition) is 1. The van der Waals surface area contributed by atoms with Gasteiger partial charge in [0.2, 0.25) is 0 Å². The molecule has 1 amide bonds. The summed E-state index contributed by atoms with van der Waals surface area (Å²) in [5.74, 6) is 1.10. The molecule has 7 nitrogen and oxygen atoms in total. The molecule has 2 aromatic carbocycles. The smallest absolute Gasteiger partial charge is 0.338 e. The van der Waals surface area contributed by atoms with E-state index in [0.717, 1.165) is 5.56 Å². The molecular weight excluding hydrogens is 384 g/mol. The molecule has 0 saturated heterocycles. The summed E-state index contributed by atoms with van der Waals surface area (Å²) in [6, 6.07) is 17.2. The van der Waals surface area contributed by atoms with Crippen LogP contribution in [0.1, 0.15) is 40.3 Å². The minimum Gasteiger partial charge on any atom is -0.494 e. The first kappa shape index (κ1) is 20.9. The fourth-order valence-electron chi connectivity index (χ4n) is 2.65. The van der Waals surface area contributed by atoms with Gasteiger partial charge in [-0.25, -0.2) is 10.2 Å². The Morgan fingerprint density at radius 2 is 1.63 bits per heavy atom. The zero-order chi connectivity index (χ0) is 21.3. The lowest BCUT2D eigenvalue weighted by atomic mass is 10.1. The molecule has 7 heteroatoms. The lowest BCUT2D eigenvalue weighted by Gasteiger charge is -2.03. The third-order valence-corrected chi connectivity index (χ3v) is 4.09. The Hall–Kier alpha value is -3.87. The van der Waals surface area contributed by atoms with Gasteiger partial charge in [-0.1, -0.05) is 12.1 Å². The number of nitrogens with one attached hydrogen (secondary N) is 1. The van der Waals surface area contributed by atoms with E-state index >= 15 is 0 Å². The van der Waals surface area contributed by atoms with E-state index in [1.54, 1.807) is 67.6 Å². The van der Waals surface area contributed by atoms with Crippen molar-refractivity contribution in [1.29, 1.82) is 0 Å². The number of ether oxygens (including phenoxy) is 2. The van der Waals surface area contributed by atoms with Crippen molar-refractivity contribution < 1.29 is 23.5 Å². The largest absolute Gasteiger partial charge is 0.494 e. The van der Waals surface area contributed by atoms with Crippen LogP contribution in [0.15, 0.2) is 70.2 Å². The summed E-state index contributed by atoms with van der Waals surface area (Å²) in [7, 11) is 0. The minimum atomic E-state index is -0.361. The summed E-state index contributed by atoms with van der Waals surface area (Å²) in [4.78, 5) is 23.8. The number of amides is 1. The third-order valence-electron chi connectivity index (χ3n) is 4.09. The van der Waals surface area contributed by atoms with Gasteiger partial charge in [-0.2, -0.15) is 5.10 Å². The second-order valence-electron chi connectivity index (χ2n) is 6.16. The highest BCUT2D eigenvalue weighted by Gasteiger charge is 2.09. The second kappa shape index (κ2) is 10.1. The van der Waals surface area contributed by atoms with Crippen LogP contribution in [0.4, 0.5) is 0 Å². The Bertz CT molecular complexity index is 1020. The average Bonchev–Trinajstić information content (AvgIpc) is 3.23.